The van der Waals surface area contributed by atoms with Crippen LogP contribution in [0.25, 0.3) is 0 Å². The van der Waals surface area contributed by atoms with Gasteiger partial charge in [-0.1, -0.05) is 25.0 Å². The monoisotopic (exact) mass is 298 g/mol. The number of nitrogens with two attached hydrogens (primary N) is 1. The van der Waals surface area contributed by atoms with Gasteiger partial charge in [-0.3, -0.25) is 0 Å². The summed E-state index contributed by atoms with van der Waals surface area (Å²) in [6.45, 7) is 2.47. The molecule has 1 atom stereocenters. The summed E-state index contributed by atoms with van der Waals surface area (Å²) in [7, 11) is -3.68. The summed E-state index contributed by atoms with van der Waals surface area (Å²) in [5.41, 5.74) is 0.226. The highest BCUT2D eigenvalue weighted by Gasteiger charge is 2.31. The fourth-order valence-electron chi connectivity index (χ4n) is 2.63. The maximum Gasteiger partial charge on any atom is 0.238 e. The van der Waals surface area contributed by atoms with Crippen molar-refractivity contribution in [1.82, 2.24) is 5.32 Å². The molecule has 1 aliphatic rings. The van der Waals surface area contributed by atoms with Crippen molar-refractivity contribution in [2.75, 3.05) is 6.54 Å². The molecule has 5 nitrogen and oxygen atoms in total. The summed E-state index contributed by atoms with van der Waals surface area (Å²) < 4.78 is 22.7. The van der Waals surface area contributed by atoms with Crippen LogP contribution in [-0.2, 0) is 10.0 Å². The van der Waals surface area contributed by atoms with E-state index in [9.17, 15) is 13.5 Å². The second kappa shape index (κ2) is 5.81. The van der Waals surface area contributed by atoms with Crippen molar-refractivity contribution in [2.45, 2.75) is 49.1 Å². The van der Waals surface area contributed by atoms with E-state index in [1.54, 1.807) is 12.1 Å². The summed E-state index contributed by atoms with van der Waals surface area (Å²) in [6.07, 6.45) is 3.77. The topological polar surface area (TPSA) is 92.4 Å². The van der Waals surface area contributed by atoms with Crippen molar-refractivity contribution in [3.05, 3.63) is 29.8 Å². The Hall–Kier alpha value is -0.950. The van der Waals surface area contributed by atoms with Gasteiger partial charge in [0.2, 0.25) is 10.0 Å². The van der Waals surface area contributed by atoms with Crippen LogP contribution in [-0.4, -0.2) is 25.7 Å². The highest BCUT2D eigenvalue weighted by atomic mass is 32.2. The van der Waals surface area contributed by atoms with Crippen LogP contribution in [0.4, 0.5) is 0 Å². The van der Waals surface area contributed by atoms with Crippen LogP contribution in [0.15, 0.2) is 29.2 Å². The number of aliphatic hydroxyl groups is 1. The van der Waals surface area contributed by atoms with E-state index in [-0.39, 0.29) is 10.9 Å². The Morgan fingerprint density at radius 3 is 2.65 bits per heavy atom. The minimum Gasteiger partial charge on any atom is -0.389 e. The van der Waals surface area contributed by atoms with Crippen molar-refractivity contribution in [1.29, 1.82) is 0 Å². The zero-order valence-electron chi connectivity index (χ0n) is 11.7. The van der Waals surface area contributed by atoms with E-state index < -0.39 is 15.6 Å². The van der Waals surface area contributed by atoms with E-state index in [2.05, 4.69) is 5.32 Å². The number of nitrogens with one attached hydrogen (secondary N) is 1. The van der Waals surface area contributed by atoms with Crippen molar-refractivity contribution in [3.8, 4) is 0 Å². The van der Waals surface area contributed by atoms with Crippen LogP contribution in [0.5, 0.6) is 0 Å². The largest absolute Gasteiger partial charge is 0.389 e. The second-order valence-electron chi connectivity index (χ2n) is 5.65. The van der Waals surface area contributed by atoms with Gasteiger partial charge in [0, 0.05) is 12.6 Å². The zero-order chi connectivity index (χ0) is 14.8. The molecule has 0 heterocycles. The fourth-order valence-corrected chi connectivity index (χ4v) is 3.20. The summed E-state index contributed by atoms with van der Waals surface area (Å²) in [5, 5.41) is 18.7. The van der Waals surface area contributed by atoms with Gasteiger partial charge < -0.3 is 10.4 Å². The molecule has 2 rings (SSSR count). The molecule has 0 amide bonds. The summed E-state index contributed by atoms with van der Waals surface area (Å²) >= 11 is 0. The molecule has 0 spiro atoms. The number of hydrogen-bond acceptors (Lipinski definition) is 4. The summed E-state index contributed by atoms with van der Waals surface area (Å²) in [5.74, 6) is 0. The third-order valence-corrected chi connectivity index (χ3v) is 4.87. The first-order valence-corrected chi connectivity index (χ1v) is 8.43. The van der Waals surface area contributed by atoms with Gasteiger partial charge in [-0.2, -0.15) is 0 Å². The molecule has 0 radical (unpaired) electrons. The van der Waals surface area contributed by atoms with Crippen molar-refractivity contribution >= 4 is 10.0 Å². The Labute approximate surface area is 120 Å². The van der Waals surface area contributed by atoms with Crippen molar-refractivity contribution in [3.63, 3.8) is 0 Å². The van der Waals surface area contributed by atoms with Gasteiger partial charge in [-0.25, -0.2) is 13.6 Å². The zero-order valence-corrected chi connectivity index (χ0v) is 12.5. The molecule has 0 bridgehead atoms. The first-order valence-electron chi connectivity index (χ1n) is 6.89. The maximum absolute atomic E-state index is 11.3. The predicted molar refractivity (Wildman–Crippen MR) is 77.7 cm³/mol. The Bertz CT molecular complexity index is 566. The molecule has 0 aromatic heterocycles. The van der Waals surface area contributed by atoms with Crippen LogP contribution in [0.3, 0.4) is 0 Å². The lowest BCUT2D eigenvalue weighted by Crippen LogP contribution is -2.39. The van der Waals surface area contributed by atoms with Gasteiger partial charge in [0.05, 0.1) is 10.5 Å². The van der Waals surface area contributed by atoms with Crippen LogP contribution in [0.2, 0.25) is 0 Å². The van der Waals surface area contributed by atoms with Gasteiger partial charge in [-0.05, 0) is 37.5 Å². The molecule has 1 fully saturated rings. The van der Waals surface area contributed by atoms with Crippen LogP contribution >= 0.6 is 0 Å². The van der Waals surface area contributed by atoms with E-state index in [0.29, 0.717) is 6.54 Å². The molecule has 6 heteroatoms. The Morgan fingerprint density at radius 2 is 2.05 bits per heavy atom. The fraction of sp³-hybridized carbons (Fsp3) is 0.571. The SMILES string of the molecule is CC(NCC1(O)CCCC1)c1cccc(S(N)(=O)=O)c1. The number of sulfonamides is 1. The third-order valence-electron chi connectivity index (χ3n) is 3.96. The molecule has 1 aliphatic carbocycles. The molecular weight excluding hydrogens is 276 g/mol. The molecule has 1 aromatic rings. The highest BCUT2D eigenvalue weighted by Crippen LogP contribution is 2.29. The van der Waals surface area contributed by atoms with Gasteiger partial charge in [0.15, 0.2) is 0 Å². The standard InChI is InChI=1S/C14H22N2O3S/c1-11(16-10-14(17)7-2-3-8-14)12-5-4-6-13(9-12)20(15,18)19/h4-6,9,11,16-17H,2-3,7-8,10H2,1H3,(H2,15,18,19). The summed E-state index contributed by atoms with van der Waals surface area (Å²) in [4.78, 5) is 0.114. The Kier molecular flexibility index (Phi) is 4.49. The van der Waals surface area contributed by atoms with Crippen LogP contribution in [0, 0.1) is 0 Å². The lowest BCUT2D eigenvalue weighted by molar-refractivity contribution is 0.0453. The lowest BCUT2D eigenvalue weighted by atomic mass is 10.0. The second-order valence-corrected chi connectivity index (χ2v) is 7.21. The highest BCUT2D eigenvalue weighted by molar-refractivity contribution is 7.89. The van der Waals surface area contributed by atoms with E-state index >= 15 is 0 Å². The molecule has 0 aliphatic heterocycles. The van der Waals surface area contributed by atoms with E-state index in [0.717, 1.165) is 31.2 Å². The van der Waals surface area contributed by atoms with Crippen LogP contribution < -0.4 is 10.5 Å². The van der Waals surface area contributed by atoms with Crippen molar-refractivity contribution in [2.24, 2.45) is 5.14 Å². The van der Waals surface area contributed by atoms with E-state index in [1.807, 2.05) is 13.0 Å². The number of benzene rings is 1. The Balaban J connectivity index is 2.04. The number of hydrogen-bond donors (Lipinski definition) is 3. The maximum atomic E-state index is 11.3. The smallest absolute Gasteiger partial charge is 0.238 e. The summed E-state index contributed by atoms with van der Waals surface area (Å²) in [6, 6.07) is 6.55. The first-order chi connectivity index (χ1) is 9.30. The molecule has 1 unspecified atom stereocenters. The van der Waals surface area contributed by atoms with E-state index in [1.165, 1.54) is 6.07 Å². The molecule has 20 heavy (non-hydrogen) atoms. The van der Waals surface area contributed by atoms with Gasteiger partial charge in [-0.15, -0.1) is 0 Å². The normalized spacial score (nSPS) is 19.9. The minimum atomic E-state index is -3.68. The molecule has 4 N–H and O–H groups in total. The van der Waals surface area contributed by atoms with Gasteiger partial charge in [0.1, 0.15) is 0 Å². The Morgan fingerprint density at radius 1 is 1.40 bits per heavy atom. The first kappa shape index (κ1) is 15.4. The third kappa shape index (κ3) is 3.79. The average molecular weight is 298 g/mol. The molecule has 112 valence electrons. The average Bonchev–Trinajstić information content (AvgIpc) is 2.83. The quantitative estimate of drug-likeness (QED) is 0.763. The minimum absolute atomic E-state index is 0.0404. The number of rotatable bonds is 5. The molecule has 0 saturated heterocycles. The van der Waals surface area contributed by atoms with Gasteiger partial charge in [0.25, 0.3) is 0 Å². The molecule has 1 aromatic carbocycles. The molecular formula is C14H22N2O3S. The van der Waals surface area contributed by atoms with Gasteiger partial charge >= 0.3 is 0 Å². The van der Waals surface area contributed by atoms with E-state index in [4.69, 9.17) is 5.14 Å². The van der Waals surface area contributed by atoms with Crippen LogP contribution in [0.1, 0.15) is 44.2 Å². The predicted octanol–water partition coefficient (Wildman–Crippen LogP) is 1.29. The molecule has 1 saturated carbocycles. The van der Waals surface area contributed by atoms with Crippen molar-refractivity contribution < 1.29 is 13.5 Å². The lowest BCUT2D eigenvalue weighted by Gasteiger charge is -2.25. The number of primary sulfonamides is 1.